The summed E-state index contributed by atoms with van der Waals surface area (Å²) in [7, 11) is 3.40. The molecule has 0 aliphatic carbocycles. The summed E-state index contributed by atoms with van der Waals surface area (Å²) in [6.07, 6.45) is 1.93. The summed E-state index contributed by atoms with van der Waals surface area (Å²) >= 11 is 1.80. The van der Waals surface area contributed by atoms with Crippen LogP contribution in [0.5, 0.6) is 11.5 Å². The van der Waals surface area contributed by atoms with Crippen LogP contribution in [0.2, 0.25) is 0 Å². The highest BCUT2D eigenvalue weighted by atomic mass is 127. The quantitative estimate of drug-likeness (QED) is 0.134. The lowest BCUT2D eigenvalue weighted by atomic mass is 10.0. The summed E-state index contributed by atoms with van der Waals surface area (Å²) < 4.78 is 10.7. The van der Waals surface area contributed by atoms with Crippen LogP contribution in [0.15, 0.2) is 71.7 Å². The number of nitrogens with zero attached hydrogens (tertiary/aromatic N) is 2. The van der Waals surface area contributed by atoms with Gasteiger partial charge in [-0.05, 0) is 65.1 Å². The number of hydrogen-bond acceptors (Lipinski definition) is 4. The molecule has 0 atom stereocenters. The van der Waals surface area contributed by atoms with Crippen LogP contribution in [0.3, 0.4) is 0 Å². The molecule has 0 fully saturated rings. The molecule has 0 aliphatic rings. The second kappa shape index (κ2) is 15.0. The van der Waals surface area contributed by atoms with Crippen molar-refractivity contribution < 1.29 is 9.47 Å². The van der Waals surface area contributed by atoms with E-state index in [-0.39, 0.29) is 24.0 Å². The van der Waals surface area contributed by atoms with Gasteiger partial charge in [0.2, 0.25) is 0 Å². The minimum atomic E-state index is 0. The predicted molar refractivity (Wildman–Crippen MR) is 161 cm³/mol. The maximum atomic E-state index is 5.35. The van der Waals surface area contributed by atoms with Crippen LogP contribution in [0.4, 0.5) is 5.69 Å². The molecule has 0 spiro atoms. The Bertz CT molecular complexity index is 997. The SMILES string of the molecule is CCSC(=Nc1c(CC)cccc1CC)N(Cc1ccc(OC)cc1)Cc1ccc(OC)cc1.I. The van der Waals surface area contributed by atoms with Crippen molar-refractivity contribution in [2.45, 2.75) is 46.7 Å². The third kappa shape index (κ3) is 8.17. The predicted octanol–water partition coefficient (Wildman–Crippen LogP) is 7.89. The second-order valence-electron chi connectivity index (χ2n) is 8.01. The fourth-order valence-corrected chi connectivity index (χ4v) is 4.60. The lowest BCUT2D eigenvalue weighted by Gasteiger charge is -2.27. The monoisotopic (exact) mass is 604 g/mol. The number of aryl methyl sites for hydroxylation is 2. The van der Waals surface area contributed by atoms with E-state index in [4.69, 9.17) is 14.5 Å². The van der Waals surface area contributed by atoms with Crippen LogP contribution in [-0.4, -0.2) is 30.0 Å². The number of benzene rings is 3. The number of halogens is 1. The van der Waals surface area contributed by atoms with E-state index in [0.717, 1.165) is 54.0 Å². The average molecular weight is 605 g/mol. The summed E-state index contributed by atoms with van der Waals surface area (Å²) in [5.74, 6) is 2.69. The van der Waals surface area contributed by atoms with Crippen molar-refractivity contribution in [1.29, 1.82) is 0 Å². The number of rotatable bonds is 10. The van der Waals surface area contributed by atoms with Gasteiger partial charge in [-0.1, -0.05) is 75.0 Å². The molecule has 0 heterocycles. The normalized spacial score (nSPS) is 11.1. The molecule has 0 unspecified atom stereocenters. The van der Waals surface area contributed by atoms with Gasteiger partial charge in [0.25, 0.3) is 0 Å². The first-order valence-electron chi connectivity index (χ1n) is 11.9. The molecule has 0 saturated heterocycles. The highest BCUT2D eigenvalue weighted by Crippen LogP contribution is 2.29. The first kappa shape index (κ1) is 29.0. The molecule has 0 bridgehead atoms. The Morgan fingerprint density at radius 1 is 0.743 bits per heavy atom. The molecule has 3 rings (SSSR count). The Morgan fingerprint density at radius 2 is 1.20 bits per heavy atom. The van der Waals surface area contributed by atoms with E-state index in [2.05, 4.69) is 68.1 Å². The van der Waals surface area contributed by atoms with E-state index < -0.39 is 0 Å². The van der Waals surface area contributed by atoms with Crippen molar-refractivity contribution in [3.8, 4) is 11.5 Å². The van der Waals surface area contributed by atoms with Crippen molar-refractivity contribution in [2.24, 2.45) is 4.99 Å². The molecular formula is C29H37IN2O2S. The van der Waals surface area contributed by atoms with Gasteiger partial charge in [-0.3, -0.25) is 0 Å². The lowest BCUT2D eigenvalue weighted by Crippen LogP contribution is -2.28. The number of thioether (sulfide) groups is 1. The molecule has 3 aromatic rings. The molecule has 0 radical (unpaired) electrons. The molecule has 4 nitrogen and oxygen atoms in total. The molecular weight excluding hydrogens is 567 g/mol. The molecule has 0 aliphatic heterocycles. The summed E-state index contributed by atoms with van der Waals surface area (Å²) in [5.41, 5.74) is 6.15. The molecule has 188 valence electrons. The van der Waals surface area contributed by atoms with Crippen LogP contribution in [-0.2, 0) is 25.9 Å². The average Bonchev–Trinajstić information content (AvgIpc) is 2.89. The summed E-state index contributed by atoms with van der Waals surface area (Å²) in [6.45, 7) is 8.11. The summed E-state index contributed by atoms with van der Waals surface area (Å²) in [4.78, 5) is 7.68. The fraction of sp³-hybridized carbons (Fsp3) is 0.345. The zero-order valence-electron chi connectivity index (χ0n) is 21.4. The van der Waals surface area contributed by atoms with Crippen molar-refractivity contribution in [1.82, 2.24) is 4.90 Å². The van der Waals surface area contributed by atoms with E-state index in [1.165, 1.54) is 22.3 Å². The van der Waals surface area contributed by atoms with E-state index >= 15 is 0 Å². The number of methoxy groups -OCH3 is 2. The van der Waals surface area contributed by atoms with E-state index in [9.17, 15) is 0 Å². The minimum Gasteiger partial charge on any atom is -0.497 e. The van der Waals surface area contributed by atoms with Gasteiger partial charge in [0, 0.05) is 13.1 Å². The molecule has 35 heavy (non-hydrogen) atoms. The lowest BCUT2D eigenvalue weighted by molar-refractivity contribution is 0.405. The molecule has 0 saturated carbocycles. The fourth-order valence-electron chi connectivity index (χ4n) is 3.87. The van der Waals surface area contributed by atoms with E-state index in [0.29, 0.717) is 0 Å². The van der Waals surface area contributed by atoms with Crippen LogP contribution >= 0.6 is 35.7 Å². The summed E-state index contributed by atoms with van der Waals surface area (Å²) in [6, 6.07) is 23.1. The third-order valence-electron chi connectivity index (χ3n) is 5.78. The van der Waals surface area contributed by atoms with Crippen LogP contribution in [0.25, 0.3) is 0 Å². The minimum absolute atomic E-state index is 0. The highest BCUT2D eigenvalue weighted by Gasteiger charge is 2.16. The van der Waals surface area contributed by atoms with Gasteiger partial charge >= 0.3 is 0 Å². The zero-order chi connectivity index (χ0) is 24.3. The number of para-hydroxylation sites is 1. The van der Waals surface area contributed by atoms with Gasteiger partial charge in [0.05, 0.1) is 19.9 Å². The van der Waals surface area contributed by atoms with Gasteiger partial charge in [-0.15, -0.1) is 24.0 Å². The maximum Gasteiger partial charge on any atom is 0.165 e. The zero-order valence-corrected chi connectivity index (χ0v) is 24.6. The Kier molecular flexibility index (Phi) is 12.5. The Labute approximate surface area is 232 Å². The Balaban J connectivity index is 0.00000432. The number of ether oxygens (including phenoxy) is 2. The van der Waals surface area contributed by atoms with Crippen molar-refractivity contribution in [2.75, 3.05) is 20.0 Å². The van der Waals surface area contributed by atoms with Gasteiger partial charge in [-0.2, -0.15) is 0 Å². The largest absolute Gasteiger partial charge is 0.497 e. The highest BCUT2D eigenvalue weighted by molar-refractivity contribution is 14.0. The molecule has 0 aromatic heterocycles. The van der Waals surface area contributed by atoms with Crippen molar-refractivity contribution in [3.63, 3.8) is 0 Å². The smallest absolute Gasteiger partial charge is 0.165 e. The number of hydrogen-bond donors (Lipinski definition) is 0. The molecule has 6 heteroatoms. The van der Waals surface area contributed by atoms with E-state index in [1.807, 2.05) is 24.3 Å². The van der Waals surface area contributed by atoms with Gasteiger partial charge in [0.1, 0.15) is 11.5 Å². The first-order valence-corrected chi connectivity index (χ1v) is 12.9. The first-order chi connectivity index (χ1) is 16.6. The van der Waals surface area contributed by atoms with Crippen LogP contribution in [0.1, 0.15) is 43.0 Å². The number of aliphatic imine (C=N–C) groups is 1. The topological polar surface area (TPSA) is 34.1 Å². The van der Waals surface area contributed by atoms with Gasteiger partial charge < -0.3 is 14.4 Å². The second-order valence-corrected chi connectivity index (χ2v) is 9.24. The number of amidine groups is 1. The molecule has 0 amide bonds. The van der Waals surface area contributed by atoms with Crippen LogP contribution in [0, 0.1) is 0 Å². The molecule has 0 N–H and O–H groups in total. The molecule has 3 aromatic carbocycles. The Hall–Kier alpha value is -2.19. The maximum absolute atomic E-state index is 5.35. The standard InChI is InChI=1S/C29H36N2O2S.HI/c1-6-24-10-9-11-25(7-2)28(24)30-29(34-8-3)31(20-22-12-16-26(32-4)17-13-22)21-23-14-18-27(33-5)19-15-23;/h9-19H,6-8,20-21H2,1-5H3;1H. The summed E-state index contributed by atoms with van der Waals surface area (Å²) in [5, 5.41) is 1.05. The van der Waals surface area contributed by atoms with Crippen molar-refractivity contribution in [3.05, 3.63) is 89.0 Å². The Morgan fingerprint density at radius 3 is 1.57 bits per heavy atom. The van der Waals surface area contributed by atoms with Gasteiger partial charge in [0.15, 0.2) is 5.17 Å². The third-order valence-corrected chi connectivity index (χ3v) is 6.68. The van der Waals surface area contributed by atoms with Gasteiger partial charge in [-0.25, -0.2) is 4.99 Å². The van der Waals surface area contributed by atoms with Crippen LogP contribution < -0.4 is 9.47 Å². The van der Waals surface area contributed by atoms with Crippen molar-refractivity contribution >= 4 is 46.6 Å². The van der Waals surface area contributed by atoms with E-state index in [1.54, 1.807) is 26.0 Å².